The Kier molecular flexibility index (Phi) is 1.61. The van der Waals surface area contributed by atoms with E-state index in [1.165, 1.54) is 13.7 Å². The molecular formula is C7H4INS. The average molecular weight is 261 g/mol. The van der Waals surface area contributed by atoms with Gasteiger partial charge in [-0.25, -0.2) is 0 Å². The first-order valence-corrected chi connectivity index (χ1v) is 4.71. The highest BCUT2D eigenvalue weighted by atomic mass is 127. The molecule has 0 aliphatic rings. The molecule has 0 amide bonds. The molecule has 2 aromatic rings. The van der Waals surface area contributed by atoms with Crippen molar-refractivity contribution in [3.8, 4) is 0 Å². The molecule has 0 radical (unpaired) electrons. The summed E-state index contributed by atoms with van der Waals surface area (Å²) < 4.78 is 6.61. The van der Waals surface area contributed by atoms with Crippen molar-refractivity contribution in [3.05, 3.63) is 28.0 Å². The third-order valence-electron chi connectivity index (χ3n) is 1.31. The molecule has 50 valence electrons. The number of halogens is 1. The molecule has 0 bridgehead atoms. The quantitative estimate of drug-likeness (QED) is 0.664. The fraction of sp³-hybridized carbons (Fsp3) is 0. The zero-order valence-electron chi connectivity index (χ0n) is 5.04. The Bertz CT molecular complexity index is 355. The van der Waals surface area contributed by atoms with Gasteiger partial charge in [0.1, 0.15) is 0 Å². The average Bonchev–Trinajstić information content (AvgIpc) is 2.33. The van der Waals surface area contributed by atoms with E-state index in [0.29, 0.717) is 0 Å². The number of rotatable bonds is 0. The fourth-order valence-electron chi connectivity index (χ4n) is 0.843. The van der Waals surface area contributed by atoms with Gasteiger partial charge in [0.15, 0.2) is 0 Å². The lowest BCUT2D eigenvalue weighted by Gasteiger charge is -1.87. The van der Waals surface area contributed by atoms with E-state index >= 15 is 0 Å². The minimum Gasteiger partial charge on any atom is -0.200 e. The highest BCUT2D eigenvalue weighted by molar-refractivity contribution is 14.1. The van der Waals surface area contributed by atoms with Gasteiger partial charge in [-0.1, -0.05) is 0 Å². The summed E-state index contributed by atoms with van der Waals surface area (Å²) in [6.07, 6.45) is 1.90. The number of fused-ring (bicyclic) bond motifs is 1. The number of benzene rings is 1. The number of hydrogen-bond donors (Lipinski definition) is 0. The monoisotopic (exact) mass is 261 g/mol. The van der Waals surface area contributed by atoms with Crippen molar-refractivity contribution in [1.29, 1.82) is 0 Å². The number of nitrogens with zero attached hydrogens (tertiary/aromatic N) is 1. The Labute approximate surface area is 76.4 Å². The molecule has 2 rings (SSSR count). The van der Waals surface area contributed by atoms with E-state index in [2.05, 4.69) is 45.2 Å². The molecule has 1 aromatic carbocycles. The third kappa shape index (κ3) is 1.03. The molecule has 0 saturated carbocycles. The van der Waals surface area contributed by atoms with Crippen LogP contribution in [0.3, 0.4) is 0 Å². The molecule has 10 heavy (non-hydrogen) atoms. The smallest absolute Gasteiger partial charge is 0.0550 e. The Morgan fingerprint density at radius 2 is 2.30 bits per heavy atom. The highest BCUT2D eigenvalue weighted by Crippen LogP contribution is 2.19. The maximum Gasteiger partial charge on any atom is 0.0550 e. The maximum absolute atomic E-state index is 4.08. The van der Waals surface area contributed by atoms with Crippen molar-refractivity contribution in [3.63, 3.8) is 0 Å². The summed E-state index contributed by atoms with van der Waals surface area (Å²) in [5, 5.41) is 1.25. The van der Waals surface area contributed by atoms with Gasteiger partial charge < -0.3 is 0 Å². The number of hydrogen-bond acceptors (Lipinski definition) is 2. The molecule has 0 atom stereocenters. The van der Waals surface area contributed by atoms with Crippen LogP contribution in [0, 0.1) is 3.57 Å². The van der Waals surface area contributed by atoms with Gasteiger partial charge in [0.2, 0.25) is 0 Å². The minimum absolute atomic E-state index is 1.25. The molecule has 0 aliphatic carbocycles. The number of aromatic nitrogens is 1. The van der Waals surface area contributed by atoms with E-state index in [1.807, 2.05) is 6.20 Å². The van der Waals surface area contributed by atoms with Crippen LogP contribution in [0.5, 0.6) is 0 Å². The van der Waals surface area contributed by atoms with Crippen LogP contribution >= 0.6 is 34.1 Å². The van der Waals surface area contributed by atoms with Crippen LogP contribution in [0.1, 0.15) is 0 Å². The molecule has 0 N–H and O–H groups in total. The van der Waals surface area contributed by atoms with Crippen molar-refractivity contribution < 1.29 is 0 Å². The van der Waals surface area contributed by atoms with Gasteiger partial charge in [0.05, 0.1) is 4.70 Å². The zero-order chi connectivity index (χ0) is 6.97. The molecule has 3 heteroatoms. The molecule has 0 saturated heterocycles. The standard InChI is InChI=1S/C7H4INS/c8-6-1-2-7-5(3-6)4-9-10-7/h1-4H. The van der Waals surface area contributed by atoms with Gasteiger partial charge >= 0.3 is 0 Å². The van der Waals surface area contributed by atoms with E-state index in [4.69, 9.17) is 0 Å². The summed E-state index contributed by atoms with van der Waals surface area (Å²) in [6.45, 7) is 0. The van der Waals surface area contributed by atoms with E-state index in [1.54, 1.807) is 11.5 Å². The SMILES string of the molecule is Ic1ccc2sncc2c1. The normalized spacial score (nSPS) is 10.5. The lowest BCUT2D eigenvalue weighted by Crippen LogP contribution is -1.66. The molecule has 1 nitrogen and oxygen atoms in total. The second-order valence-electron chi connectivity index (χ2n) is 2.01. The first-order chi connectivity index (χ1) is 4.86. The molecule has 0 unspecified atom stereocenters. The topological polar surface area (TPSA) is 12.9 Å². The summed E-state index contributed by atoms with van der Waals surface area (Å²) in [4.78, 5) is 0. The van der Waals surface area contributed by atoms with Crippen LogP contribution in [0.2, 0.25) is 0 Å². The molecule has 0 fully saturated rings. The second-order valence-corrected chi connectivity index (χ2v) is 4.09. The summed E-state index contributed by atoms with van der Waals surface area (Å²) in [5.74, 6) is 0. The third-order valence-corrected chi connectivity index (χ3v) is 2.76. The largest absolute Gasteiger partial charge is 0.200 e. The molecule has 0 spiro atoms. The van der Waals surface area contributed by atoms with Crippen molar-refractivity contribution >= 4 is 44.2 Å². The summed E-state index contributed by atoms with van der Waals surface area (Å²) in [7, 11) is 0. The van der Waals surface area contributed by atoms with Gasteiger partial charge in [-0.2, -0.15) is 4.37 Å². The zero-order valence-corrected chi connectivity index (χ0v) is 8.02. The van der Waals surface area contributed by atoms with Crippen LogP contribution in [0.15, 0.2) is 24.4 Å². The Morgan fingerprint density at radius 3 is 3.20 bits per heavy atom. The lowest BCUT2D eigenvalue weighted by atomic mass is 10.3. The minimum atomic E-state index is 1.25. The van der Waals surface area contributed by atoms with Crippen LogP contribution in [0.25, 0.3) is 10.1 Å². The van der Waals surface area contributed by atoms with E-state index in [0.717, 1.165) is 0 Å². The van der Waals surface area contributed by atoms with Crippen molar-refractivity contribution in [2.24, 2.45) is 0 Å². The maximum atomic E-state index is 4.08. The molecular weight excluding hydrogens is 257 g/mol. The Hall–Kier alpha value is -0.160. The first-order valence-electron chi connectivity index (χ1n) is 2.86. The second kappa shape index (κ2) is 2.47. The molecule has 1 aromatic heterocycles. The van der Waals surface area contributed by atoms with Crippen molar-refractivity contribution in [2.75, 3.05) is 0 Å². The van der Waals surface area contributed by atoms with E-state index in [-0.39, 0.29) is 0 Å². The van der Waals surface area contributed by atoms with Crippen LogP contribution < -0.4 is 0 Å². The van der Waals surface area contributed by atoms with Gasteiger partial charge in [-0.3, -0.25) is 0 Å². The highest BCUT2D eigenvalue weighted by Gasteiger charge is 1.94. The Balaban J connectivity index is 2.86. The van der Waals surface area contributed by atoms with E-state index < -0.39 is 0 Å². The van der Waals surface area contributed by atoms with Crippen LogP contribution in [-0.4, -0.2) is 4.37 Å². The van der Waals surface area contributed by atoms with Gasteiger partial charge in [0, 0.05) is 15.2 Å². The van der Waals surface area contributed by atoms with Crippen molar-refractivity contribution in [2.45, 2.75) is 0 Å². The summed E-state index contributed by atoms with van der Waals surface area (Å²) >= 11 is 3.84. The lowest BCUT2D eigenvalue weighted by molar-refractivity contribution is 1.60. The van der Waals surface area contributed by atoms with Gasteiger partial charge in [-0.05, 0) is 52.3 Å². The molecule has 1 heterocycles. The van der Waals surface area contributed by atoms with Gasteiger partial charge in [0.25, 0.3) is 0 Å². The van der Waals surface area contributed by atoms with Crippen LogP contribution in [0.4, 0.5) is 0 Å². The van der Waals surface area contributed by atoms with Crippen LogP contribution in [-0.2, 0) is 0 Å². The van der Waals surface area contributed by atoms with Gasteiger partial charge in [-0.15, -0.1) is 0 Å². The summed E-state index contributed by atoms with van der Waals surface area (Å²) in [5.41, 5.74) is 0. The Morgan fingerprint density at radius 1 is 1.40 bits per heavy atom. The molecule has 0 aliphatic heterocycles. The first kappa shape index (κ1) is 6.54. The van der Waals surface area contributed by atoms with Crippen molar-refractivity contribution in [1.82, 2.24) is 4.37 Å². The fourth-order valence-corrected chi connectivity index (χ4v) is 1.98. The predicted molar refractivity (Wildman–Crippen MR) is 52.3 cm³/mol. The summed E-state index contributed by atoms with van der Waals surface area (Å²) in [6, 6.07) is 6.34. The predicted octanol–water partition coefficient (Wildman–Crippen LogP) is 2.90. The van der Waals surface area contributed by atoms with E-state index in [9.17, 15) is 0 Å².